The summed E-state index contributed by atoms with van der Waals surface area (Å²) in [6, 6.07) is 11.4. The van der Waals surface area contributed by atoms with Gasteiger partial charge in [-0.1, -0.05) is 19.1 Å². The van der Waals surface area contributed by atoms with E-state index >= 15 is 0 Å². The van der Waals surface area contributed by atoms with Crippen LogP contribution < -0.4 is 5.43 Å². The van der Waals surface area contributed by atoms with Crippen molar-refractivity contribution in [3.8, 4) is 0 Å². The molecule has 0 unspecified atom stereocenters. The minimum Gasteiger partial charge on any atom is -0.267 e. The first-order chi connectivity index (χ1) is 9.70. The molecule has 5 heteroatoms. The van der Waals surface area contributed by atoms with E-state index in [1.165, 1.54) is 3.57 Å². The summed E-state index contributed by atoms with van der Waals surface area (Å²) in [6.45, 7) is 2.01. The SMILES string of the molecule is CC/C(=N/NC(=O)c1ccncc1)c1ccc(I)cc1. The lowest BCUT2D eigenvalue weighted by atomic mass is 10.1. The topological polar surface area (TPSA) is 54.4 Å². The van der Waals surface area contributed by atoms with E-state index in [0.29, 0.717) is 5.56 Å². The van der Waals surface area contributed by atoms with Crippen molar-refractivity contribution in [3.05, 3.63) is 63.5 Å². The molecule has 2 aromatic rings. The van der Waals surface area contributed by atoms with E-state index in [1.54, 1.807) is 24.5 Å². The van der Waals surface area contributed by atoms with Gasteiger partial charge in [-0.05, 0) is 58.8 Å². The molecule has 0 saturated carbocycles. The minimum atomic E-state index is -0.233. The van der Waals surface area contributed by atoms with Gasteiger partial charge in [-0.3, -0.25) is 9.78 Å². The number of amides is 1. The third-order valence-corrected chi connectivity index (χ3v) is 3.47. The van der Waals surface area contributed by atoms with Gasteiger partial charge in [0.25, 0.3) is 5.91 Å². The second-order valence-corrected chi connectivity index (χ2v) is 5.34. The zero-order chi connectivity index (χ0) is 14.4. The molecular formula is C15H14IN3O. The molecule has 0 aliphatic rings. The molecule has 0 bridgehead atoms. The molecule has 0 fully saturated rings. The molecule has 1 aromatic carbocycles. The number of benzene rings is 1. The van der Waals surface area contributed by atoms with Crippen molar-refractivity contribution in [3.63, 3.8) is 0 Å². The van der Waals surface area contributed by atoms with Crippen LogP contribution in [0.1, 0.15) is 29.3 Å². The highest BCUT2D eigenvalue weighted by atomic mass is 127. The number of nitrogens with zero attached hydrogens (tertiary/aromatic N) is 2. The first-order valence-corrected chi connectivity index (χ1v) is 7.31. The van der Waals surface area contributed by atoms with Crippen LogP contribution in [0, 0.1) is 3.57 Å². The summed E-state index contributed by atoms with van der Waals surface area (Å²) in [5.41, 5.74) is 4.99. The molecule has 0 radical (unpaired) electrons. The van der Waals surface area contributed by atoms with Crippen molar-refractivity contribution >= 4 is 34.2 Å². The predicted molar refractivity (Wildman–Crippen MR) is 87.7 cm³/mol. The van der Waals surface area contributed by atoms with Crippen LogP contribution in [0.2, 0.25) is 0 Å². The number of carbonyl (C=O) groups excluding carboxylic acids is 1. The highest BCUT2D eigenvalue weighted by Crippen LogP contribution is 2.09. The lowest BCUT2D eigenvalue weighted by Gasteiger charge is -2.05. The van der Waals surface area contributed by atoms with Gasteiger partial charge in [0.1, 0.15) is 0 Å². The normalized spacial score (nSPS) is 11.2. The Morgan fingerprint density at radius 1 is 1.15 bits per heavy atom. The summed E-state index contributed by atoms with van der Waals surface area (Å²) in [5, 5.41) is 4.21. The van der Waals surface area contributed by atoms with E-state index in [4.69, 9.17) is 0 Å². The number of hydrazone groups is 1. The second kappa shape index (κ2) is 7.14. The molecular weight excluding hydrogens is 365 g/mol. The standard InChI is InChI=1S/C15H14IN3O/c1-2-14(11-3-5-13(16)6-4-11)18-19-15(20)12-7-9-17-10-8-12/h3-10H,2H2,1H3,(H,19,20)/b18-14-. The number of carbonyl (C=O) groups is 1. The Balaban J connectivity index is 2.12. The maximum absolute atomic E-state index is 11.9. The van der Waals surface area contributed by atoms with E-state index in [9.17, 15) is 4.79 Å². The number of rotatable bonds is 4. The van der Waals surface area contributed by atoms with E-state index in [-0.39, 0.29) is 5.91 Å². The largest absolute Gasteiger partial charge is 0.271 e. The van der Waals surface area contributed by atoms with E-state index < -0.39 is 0 Å². The molecule has 0 atom stereocenters. The van der Waals surface area contributed by atoms with Gasteiger partial charge < -0.3 is 0 Å². The van der Waals surface area contributed by atoms with Crippen LogP contribution in [-0.2, 0) is 0 Å². The molecule has 1 amide bonds. The number of hydrogen-bond acceptors (Lipinski definition) is 3. The third kappa shape index (κ3) is 3.86. The van der Waals surface area contributed by atoms with Gasteiger partial charge in [0.05, 0.1) is 5.71 Å². The van der Waals surface area contributed by atoms with Gasteiger partial charge in [0.2, 0.25) is 0 Å². The number of hydrogen-bond donors (Lipinski definition) is 1. The summed E-state index contributed by atoms with van der Waals surface area (Å²) in [6.07, 6.45) is 3.91. The van der Waals surface area contributed by atoms with Gasteiger partial charge in [-0.2, -0.15) is 5.10 Å². The molecule has 0 spiro atoms. The fourth-order valence-electron chi connectivity index (χ4n) is 1.68. The van der Waals surface area contributed by atoms with Crippen LogP contribution in [0.3, 0.4) is 0 Å². The van der Waals surface area contributed by atoms with Crippen LogP contribution in [0.15, 0.2) is 53.9 Å². The van der Waals surface area contributed by atoms with Gasteiger partial charge in [-0.25, -0.2) is 5.43 Å². The zero-order valence-corrected chi connectivity index (χ0v) is 13.2. The van der Waals surface area contributed by atoms with Crippen molar-refractivity contribution < 1.29 is 4.79 Å². The monoisotopic (exact) mass is 379 g/mol. The minimum absolute atomic E-state index is 0.233. The predicted octanol–water partition coefficient (Wildman–Crippen LogP) is 3.23. The van der Waals surface area contributed by atoms with Crippen molar-refractivity contribution in [2.24, 2.45) is 5.10 Å². The Morgan fingerprint density at radius 3 is 2.40 bits per heavy atom. The molecule has 1 heterocycles. The van der Waals surface area contributed by atoms with Gasteiger partial charge in [-0.15, -0.1) is 0 Å². The summed E-state index contributed by atoms with van der Waals surface area (Å²) in [7, 11) is 0. The van der Waals surface area contributed by atoms with Gasteiger partial charge in [0, 0.05) is 21.5 Å². The first-order valence-electron chi connectivity index (χ1n) is 6.23. The highest BCUT2D eigenvalue weighted by Gasteiger charge is 2.05. The zero-order valence-electron chi connectivity index (χ0n) is 11.0. The van der Waals surface area contributed by atoms with Crippen LogP contribution in [0.4, 0.5) is 0 Å². The smallest absolute Gasteiger partial charge is 0.267 e. The van der Waals surface area contributed by atoms with Gasteiger partial charge >= 0.3 is 0 Å². The quantitative estimate of drug-likeness (QED) is 0.504. The van der Waals surface area contributed by atoms with Crippen LogP contribution in [0.25, 0.3) is 0 Å². The summed E-state index contributed by atoms with van der Waals surface area (Å²) in [4.78, 5) is 15.8. The van der Waals surface area contributed by atoms with Crippen LogP contribution in [-0.4, -0.2) is 16.6 Å². The van der Waals surface area contributed by atoms with Crippen molar-refractivity contribution in [2.75, 3.05) is 0 Å². The second-order valence-electron chi connectivity index (χ2n) is 4.10. The third-order valence-electron chi connectivity index (χ3n) is 2.75. The lowest BCUT2D eigenvalue weighted by Crippen LogP contribution is -2.20. The number of aromatic nitrogens is 1. The van der Waals surface area contributed by atoms with Crippen LogP contribution >= 0.6 is 22.6 Å². The Kier molecular flexibility index (Phi) is 5.23. The van der Waals surface area contributed by atoms with Gasteiger partial charge in [0.15, 0.2) is 0 Å². The highest BCUT2D eigenvalue weighted by molar-refractivity contribution is 14.1. The van der Waals surface area contributed by atoms with E-state index in [1.807, 2.05) is 31.2 Å². The summed E-state index contributed by atoms with van der Waals surface area (Å²) >= 11 is 2.26. The Bertz CT molecular complexity index is 609. The molecule has 0 saturated heterocycles. The Labute approximate surface area is 131 Å². The molecule has 0 aliphatic carbocycles. The van der Waals surface area contributed by atoms with Crippen molar-refractivity contribution in [1.82, 2.24) is 10.4 Å². The average molecular weight is 379 g/mol. The molecule has 1 aromatic heterocycles. The fraction of sp³-hybridized carbons (Fsp3) is 0.133. The molecule has 20 heavy (non-hydrogen) atoms. The number of pyridine rings is 1. The maximum atomic E-state index is 11.9. The lowest BCUT2D eigenvalue weighted by molar-refractivity contribution is 0.0954. The molecule has 4 nitrogen and oxygen atoms in total. The van der Waals surface area contributed by atoms with E-state index in [0.717, 1.165) is 17.7 Å². The maximum Gasteiger partial charge on any atom is 0.271 e. The summed E-state index contributed by atoms with van der Waals surface area (Å²) < 4.78 is 1.17. The first kappa shape index (κ1) is 14.6. The average Bonchev–Trinajstić information content (AvgIpc) is 2.50. The molecule has 0 aliphatic heterocycles. The number of halogens is 1. The molecule has 102 valence electrons. The van der Waals surface area contributed by atoms with E-state index in [2.05, 4.69) is 38.1 Å². The summed E-state index contributed by atoms with van der Waals surface area (Å²) in [5.74, 6) is -0.233. The van der Waals surface area contributed by atoms with Crippen molar-refractivity contribution in [1.29, 1.82) is 0 Å². The molecule has 1 N–H and O–H groups in total. The Hall–Kier alpha value is -1.76. The van der Waals surface area contributed by atoms with Crippen molar-refractivity contribution in [2.45, 2.75) is 13.3 Å². The van der Waals surface area contributed by atoms with Crippen LogP contribution in [0.5, 0.6) is 0 Å². The Morgan fingerprint density at radius 2 is 1.80 bits per heavy atom. The fourth-order valence-corrected chi connectivity index (χ4v) is 2.04. The molecule has 2 rings (SSSR count). The number of nitrogens with one attached hydrogen (secondary N) is 1.